The molecule has 0 aliphatic carbocycles. The van der Waals surface area contributed by atoms with Crippen LogP contribution in [0.4, 0.5) is 10.1 Å². The summed E-state index contributed by atoms with van der Waals surface area (Å²) in [5, 5.41) is 3.11. The van der Waals surface area contributed by atoms with Gasteiger partial charge in [0.05, 0.1) is 0 Å². The lowest BCUT2D eigenvalue weighted by Gasteiger charge is -2.25. The van der Waals surface area contributed by atoms with E-state index in [9.17, 15) is 4.39 Å². The molecule has 3 nitrogen and oxygen atoms in total. The normalized spacial score (nSPS) is 19.9. The van der Waals surface area contributed by atoms with Gasteiger partial charge in [0, 0.05) is 32.4 Å². The molecule has 0 amide bonds. The van der Waals surface area contributed by atoms with Gasteiger partial charge < -0.3 is 15.1 Å². The fraction of sp³-hybridized carbons (Fsp3) is 0.600. The van der Waals surface area contributed by atoms with E-state index in [1.807, 2.05) is 13.1 Å². The zero-order valence-corrected chi connectivity index (χ0v) is 12.1. The van der Waals surface area contributed by atoms with Gasteiger partial charge in [-0.15, -0.1) is 0 Å². The third kappa shape index (κ3) is 3.67. The highest BCUT2D eigenvalue weighted by Crippen LogP contribution is 2.24. The molecule has 1 heterocycles. The molecule has 1 aromatic rings. The van der Waals surface area contributed by atoms with Crippen molar-refractivity contribution in [1.29, 1.82) is 0 Å². The number of hydrogen-bond acceptors (Lipinski definition) is 3. The first-order valence-corrected chi connectivity index (χ1v) is 6.93. The number of hydrogen-bond donors (Lipinski definition) is 1. The molecule has 1 saturated heterocycles. The fourth-order valence-electron chi connectivity index (χ4n) is 2.92. The van der Waals surface area contributed by atoms with E-state index < -0.39 is 0 Å². The van der Waals surface area contributed by atoms with Gasteiger partial charge in [-0.05, 0) is 56.7 Å². The SMILES string of the molecule is CNCc1cc(F)ccc1N(C)CC1CCN(C)C1. The summed E-state index contributed by atoms with van der Waals surface area (Å²) in [6, 6.07) is 5.07. The van der Waals surface area contributed by atoms with Crippen LogP contribution >= 0.6 is 0 Å². The molecule has 0 bridgehead atoms. The van der Waals surface area contributed by atoms with Crippen LogP contribution in [0.5, 0.6) is 0 Å². The minimum absolute atomic E-state index is 0.164. The van der Waals surface area contributed by atoms with Crippen LogP contribution in [0.2, 0.25) is 0 Å². The number of benzene rings is 1. The summed E-state index contributed by atoms with van der Waals surface area (Å²) >= 11 is 0. The van der Waals surface area contributed by atoms with E-state index >= 15 is 0 Å². The third-order valence-electron chi connectivity index (χ3n) is 3.84. The first kappa shape index (κ1) is 14.3. The van der Waals surface area contributed by atoms with E-state index in [0.29, 0.717) is 12.5 Å². The molecule has 1 aromatic carbocycles. The Hall–Kier alpha value is -1.13. The monoisotopic (exact) mass is 265 g/mol. The van der Waals surface area contributed by atoms with Crippen LogP contribution in [0.25, 0.3) is 0 Å². The average Bonchev–Trinajstić information content (AvgIpc) is 2.75. The Kier molecular flexibility index (Phi) is 4.77. The Morgan fingerprint density at radius 1 is 1.47 bits per heavy atom. The minimum atomic E-state index is -0.164. The molecule has 2 rings (SSSR count). The Bertz CT molecular complexity index is 422. The van der Waals surface area contributed by atoms with E-state index in [2.05, 4.69) is 29.2 Å². The second-order valence-electron chi connectivity index (χ2n) is 5.60. The summed E-state index contributed by atoms with van der Waals surface area (Å²) in [7, 11) is 6.16. The summed E-state index contributed by atoms with van der Waals surface area (Å²) in [6.07, 6.45) is 1.25. The lowest BCUT2D eigenvalue weighted by atomic mass is 10.1. The van der Waals surface area contributed by atoms with E-state index in [1.165, 1.54) is 13.0 Å². The van der Waals surface area contributed by atoms with Crippen LogP contribution in [0.15, 0.2) is 18.2 Å². The molecular weight excluding hydrogens is 241 g/mol. The second kappa shape index (κ2) is 6.35. The first-order valence-electron chi connectivity index (χ1n) is 6.93. The van der Waals surface area contributed by atoms with Gasteiger partial charge in [-0.3, -0.25) is 0 Å². The number of likely N-dealkylation sites (tertiary alicyclic amines) is 1. The van der Waals surface area contributed by atoms with Gasteiger partial charge in [-0.25, -0.2) is 4.39 Å². The highest BCUT2D eigenvalue weighted by Gasteiger charge is 2.21. The maximum Gasteiger partial charge on any atom is 0.123 e. The Morgan fingerprint density at radius 2 is 2.26 bits per heavy atom. The van der Waals surface area contributed by atoms with Crippen molar-refractivity contribution >= 4 is 5.69 Å². The summed E-state index contributed by atoms with van der Waals surface area (Å²) in [5.74, 6) is 0.547. The van der Waals surface area contributed by atoms with Crippen molar-refractivity contribution in [1.82, 2.24) is 10.2 Å². The summed E-state index contributed by atoms with van der Waals surface area (Å²) in [6.45, 7) is 4.08. The molecule has 0 saturated carbocycles. The van der Waals surface area contributed by atoms with Crippen LogP contribution in [0, 0.1) is 11.7 Å². The molecule has 0 radical (unpaired) electrons. The van der Waals surface area contributed by atoms with E-state index in [0.717, 1.165) is 24.3 Å². The Balaban J connectivity index is 2.07. The van der Waals surface area contributed by atoms with Gasteiger partial charge in [0.25, 0.3) is 0 Å². The van der Waals surface area contributed by atoms with Crippen molar-refractivity contribution in [3.8, 4) is 0 Å². The van der Waals surface area contributed by atoms with Crippen molar-refractivity contribution in [3.05, 3.63) is 29.6 Å². The summed E-state index contributed by atoms with van der Waals surface area (Å²) in [5.41, 5.74) is 2.15. The van der Waals surface area contributed by atoms with Crippen molar-refractivity contribution in [2.45, 2.75) is 13.0 Å². The maximum absolute atomic E-state index is 13.3. The van der Waals surface area contributed by atoms with Gasteiger partial charge in [0.2, 0.25) is 0 Å². The molecule has 4 heteroatoms. The lowest BCUT2D eigenvalue weighted by molar-refractivity contribution is 0.396. The number of anilines is 1. The highest BCUT2D eigenvalue weighted by atomic mass is 19.1. The maximum atomic E-state index is 13.3. The van der Waals surface area contributed by atoms with Crippen molar-refractivity contribution in [2.24, 2.45) is 5.92 Å². The smallest absolute Gasteiger partial charge is 0.123 e. The fourth-order valence-corrected chi connectivity index (χ4v) is 2.92. The molecule has 0 aromatic heterocycles. The van der Waals surface area contributed by atoms with E-state index in [1.54, 1.807) is 12.1 Å². The largest absolute Gasteiger partial charge is 0.374 e. The molecule has 1 fully saturated rings. The van der Waals surface area contributed by atoms with Crippen molar-refractivity contribution in [2.75, 3.05) is 45.7 Å². The zero-order valence-electron chi connectivity index (χ0n) is 12.1. The molecule has 1 N–H and O–H groups in total. The lowest BCUT2D eigenvalue weighted by Crippen LogP contribution is -2.28. The van der Waals surface area contributed by atoms with Gasteiger partial charge in [0.15, 0.2) is 0 Å². The van der Waals surface area contributed by atoms with Gasteiger partial charge in [-0.1, -0.05) is 0 Å². The number of nitrogens with one attached hydrogen (secondary N) is 1. The summed E-state index contributed by atoms with van der Waals surface area (Å²) < 4.78 is 13.3. The Labute approximate surface area is 115 Å². The van der Waals surface area contributed by atoms with Crippen molar-refractivity contribution in [3.63, 3.8) is 0 Å². The molecule has 1 atom stereocenters. The topological polar surface area (TPSA) is 18.5 Å². The molecule has 1 aliphatic heterocycles. The molecule has 19 heavy (non-hydrogen) atoms. The second-order valence-corrected chi connectivity index (χ2v) is 5.60. The number of rotatable bonds is 5. The van der Waals surface area contributed by atoms with Crippen LogP contribution < -0.4 is 10.2 Å². The molecular formula is C15H24FN3. The molecule has 0 spiro atoms. The van der Waals surface area contributed by atoms with Crippen LogP contribution in [-0.4, -0.2) is 45.7 Å². The van der Waals surface area contributed by atoms with Crippen LogP contribution in [-0.2, 0) is 6.54 Å². The number of nitrogens with zero attached hydrogens (tertiary/aromatic N) is 2. The van der Waals surface area contributed by atoms with E-state index in [4.69, 9.17) is 0 Å². The predicted octanol–water partition coefficient (Wildman–Crippen LogP) is 1.93. The average molecular weight is 265 g/mol. The highest BCUT2D eigenvalue weighted by molar-refractivity contribution is 5.53. The molecule has 106 valence electrons. The standard InChI is InChI=1S/C15H24FN3/c1-17-9-13-8-14(16)4-5-15(13)19(3)11-12-6-7-18(2)10-12/h4-5,8,12,17H,6-7,9-11H2,1-3H3. The summed E-state index contributed by atoms with van der Waals surface area (Å²) in [4.78, 5) is 4.63. The zero-order chi connectivity index (χ0) is 13.8. The van der Waals surface area contributed by atoms with Gasteiger partial charge in [-0.2, -0.15) is 0 Å². The van der Waals surface area contributed by atoms with Gasteiger partial charge in [0.1, 0.15) is 5.82 Å². The predicted molar refractivity (Wildman–Crippen MR) is 78.0 cm³/mol. The first-order chi connectivity index (χ1) is 9.10. The molecule has 1 aliphatic rings. The van der Waals surface area contributed by atoms with Crippen LogP contribution in [0.1, 0.15) is 12.0 Å². The molecule has 1 unspecified atom stereocenters. The van der Waals surface area contributed by atoms with Crippen molar-refractivity contribution < 1.29 is 4.39 Å². The minimum Gasteiger partial charge on any atom is -0.374 e. The third-order valence-corrected chi connectivity index (χ3v) is 3.84. The van der Waals surface area contributed by atoms with Crippen LogP contribution in [0.3, 0.4) is 0 Å². The van der Waals surface area contributed by atoms with Gasteiger partial charge >= 0.3 is 0 Å². The quantitative estimate of drug-likeness (QED) is 0.877. The van der Waals surface area contributed by atoms with E-state index in [-0.39, 0.29) is 5.82 Å². The Morgan fingerprint density at radius 3 is 2.89 bits per heavy atom. The number of halogens is 1.